The molecule has 2 aromatic heterocycles. The molecule has 1 fully saturated rings. The molecule has 2 unspecified atom stereocenters. The summed E-state index contributed by atoms with van der Waals surface area (Å²) < 4.78 is 1.86. The smallest absolute Gasteiger partial charge is 0.155 e. The van der Waals surface area contributed by atoms with Crippen molar-refractivity contribution in [3.63, 3.8) is 0 Å². The maximum Gasteiger partial charge on any atom is 0.155 e. The van der Waals surface area contributed by atoms with Crippen LogP contribution in [-0.4, -0.2) is 20.6 Å². The first-order chi connectivity index (χ1) is 10.3. The van der Waals surface area contributed by atoms with Gasteiger partial charge in [-0.3, -0.25) is 0 Å². The molecule has 0 bridgehead atoms. The minimum Gasteiger partial charge on any atom is -0.309 e. The number of aryl methyl sites for hydroxylation is 1. The van der Waals surface area contributed by atoms with Crippen molar-refractivity contribution in [2.75, 3.05) is 0 Å². The van der Waals surface area contributed by atoms with Crippen LogP contribution in [-0.2, 0) is 6.54 Å². The summed E-state index contributed by atoms with van der Waals surface area (Å²) in [5, 5.41) is 8.02. The SMILES string of the molecule is Cc1cc2ncc(CNC3CC3c3ccccc3)cn2n1. The predicted molar refractivity (Wildman–Crippen MR) is 82.2 cm³/mol. The monoisotopic (exact) mass is 278 g/mol. The van der Waals surface area contributed by atoms with E-state index in [1.54, 1.807) is 0 Å². The number of hydrogen-bond donors (Lipinski definition) is 1. The maximum atomic E-state index is 4.44. The van der Waals surface area contributed by atoms with Gasteiger partial charge in [0, 0.05) is 42.5 Å². The Morgan fingerprint density at radius 2 is 2.14 bits per heavy atom. The summed E-state index contributed by atoms with van der Waals surface area (Å²) in [6.07, 6.45) is 5.21. The van der Waals surface area contributed by atoms with Gasteiger partial charge in [-0.2, -0.15) is 5.10 Å². The molecule has 0 spiro atoms. The van der Waals surface area contributed by atoms with Crippen molar-refractivity contribution in [2.45, 2.75) is 31.8 Å². The van der Waals surface area contributed by atoms with Crippen molar-refractivity contribution in [3.8, 4) is 0 Å². The third-order valence-electron chi connectivity index (χ3n) is 4.08. The quantitative estimate of drug-likeness (QED) is 0.798. The van der Waals surface area contributed by atoms with Crippen molar-refractivity contribution < 1.29 is 0 Å². The van der Waals surface area contributed by atoms with E-state index in [0.29, 0.717) is 12.0 Å². The summed E-state index contributed by atoms with van der Waals surface area (Å²) in [7, 11) is 0. The van der Waals surface area contributed by atoms with Gasteiger partial charge in [0.25, 0.3) is 0 Å². The molecule has 0 amide bonds. The van der Waals surface area contributed by atoms with Gasteiger partial charge in [-0.1, -0.05) is 30.3 Å². The highest BCUT2D eigenvalue weighted by Gasteiger charge is 2.37. The van der Waals surface area contributed by atoms with Crippen LogP contribution in [0.1, 0.15) is 29.2 Å². The largest absolute Gasteiger partial charge is 0.309 e. The highest BCUT2D eigenvalue weighted by molar-refractivity contribution is 5.39. The lowest BCUT2D eigenvalue weighted by molar-refractivity contribution is 0.666. The Labute approximate surface area is 123 Å². The van der Waals surface area contributed by atoms with Crippen molar-refractivity contribution in [1.29, 1.82) is 0 Å². The molecule has 4 nitrogen and oxygen atoms in total. The molecule has 2 atom stereocenters. The number of fused-ring (bicyclic) bond motifs is 1. The second-order valence-electron chi connectivity index (χ2n) is 5.79. The van der Waals surface area contributed by atoms with Crippen molar-refractivity contribution in [3.05, 3.63) is 65.6 Å². The van der Waals surface area contributed by atoms with Crippen molar-refractivity contribution >= 4 is 5.65 Å². The van der Waals surface area contributed by atoms with E-state index in [1.807, 2.05) is 23.7 Å². The molecule has 21 heavy (non-hydrogen) atoms. The standard InChI is InChI=1S/C17H18N4/c1-12-7-17-19-10-13(11-21(17)20-12)9-18-16-8-15(16)14-5-3-2-4-6-14/h2-7,10-11,15-16,18H,8-9H2,1H3. The second kappa shape index (κ2) is 4.97. The van der Waals surface area contributed by atoms with Gasteiger partial charge in [0.15, 0.2) is 5.65 Å². The predicted octanol–water partition coefficient (Wildman–Crippen LogP) is 2.68. The lowest BCUT2D eigenvalue weighted by Crippen LogP contribution is -2.17. The Morgan fingerprint density at radius 3 is 3.00 bits per heavy atom. The first-order valence-electron chi connectivity index (χ1n) is 7.39. The van der Waals surface area contributed by atoms with Crippen LogP contribution in [0.2, 0.25) is 0 Å². The molecular formula is C17H18N4. The molecular weight excluding hydrogens is 260 g/mol. The summed E-state index contributed by atoms with van der Waals surface area (Å²) in [5.41, 5.74) is 4.51. The van der Waals surface area contributed by atoms with Gasteiger partial charge in [-0.25, -0.2) is 9.50 Å². The van der Waals surface area contributed by atoms with Gasteiger partial charge < -0.3 is 5.32 Å². The first kappa shape index (κ1) is 12.5. The molecule has 2 heterocycles. The molecule has 0 saturated heterocycles. The van der Waals surface area contributed by atoms with Crippen LogP contribution in [0.25, 0.3) is 5.65 Å². The van der Waals surface area contributed by atoms with E-state index in [0.717, 1.165) is 17.9 Å². The van der Waals surface area contributed by atoms with Gasteiger partial charge in [0.2, 0.25) is 0 Å². The molecule has 4 heteroatoms. The van der Waals surface area contributed by atoms with E-state index in [4.69, 9.17) is 0 Å². The second-order valence-corrected chi connectivity index (χ2v) is 5.79. The fraction of sp³-hybridized carbons (Fsp3) is 0.294. The molecule has 1 N–H and O–H groups in total. The van der Waals surface area contributed by atoms with Gasteiger partial charge >= 0.3 is 0 Å². The van der Waals surface area contributed by atoms with Crippen LogP contribution in [0.15, 0.2) is 48.8 Å². The maximum absolute atomic E-state index is 4.44. The third kappa shape index (κ3) is 2.54. The third-order valence-corrected chi connectivity index (χ3v) is 4.08. The van der Waals surface area contributed by atoms with Crippen LogP contribution in [0.5, 0.6) is 0 Å². The van der Waals surface area contributed by atoms with Crippen LogP contribution in [0.4, 0.5) is 0 Å². The number of rotatable bonds is 4. The average Bonchev–Trinajstić information content (AvgIpc) is 3.19. The topological polar surface area (TPSA) is 42.2 Å². The summed E-state index contributed by atoms with van der Waals surface area (Å²) in [5.74, 6) is 0.662. The number of nitrogens with zero attached hydrogens (tertiary/aromatic N) is 3. The number of aromatic nitrogens is 3. The van der Waals surface area contributed by atoms with Crippen LogP contribution >= 0.6 is 0 Å². The van der Waals surface area contributed by atoms with E-state index in [9.17, 15) is 0 Å². The molecule has 1 aromatic carbocycles. The van der Waals surface area contributed by atoms with Gasteiger partial charge in [-0.15, -0.1) is 0 Å². The molecule has 1 saturated carbocycles. The average molecular weight is 278 g/mol. The van der Waals surface area contributed by atoms with Crippen LogP contribution < -0.4 is 5.32 Å². The zero-order chi connectivity index (χ0) is 14.2. The summed E-state index contributed by atoms with van der Waals surface area (Å²) in [4.78, 5) is 4.44. The summed E-state index contributed by atoms with van der Waals surface area (Å²) >= 11 is 0. The molecule has 3 aromatic rings. The van der Waals surface area contributed by atoms with Crippen molar-refractivity contribution in [1.82, 2.24) is 19.9 Å². The van der Waals surface area contributed by atoms with Gasteiger partial charge in [-0.05, 0) is 18.9 Å². The normalized spacial score (nSPS) is 20.8. The van der Waals surface area contributed by atoms with Crippen molar-refractivity contribution in [2.24, 2.45) is 0 Å². The molecule has 4 rings (SSSR count). The minimum atomic E-state index is 0.586. The zero-order valence-electron chi connectivity index (χ0n) is 12.0. The van der Waals surface area contributed by atoms with Gasteiger partial charge in [0.05, 0.1) is 5.69 Å². The molecule has 106 valence electrons. The van der Waals surface area contributed by atoms with Gasteiger partial charge in [0.1, 0.15) is 0 Å². The van der Waals surface area contributed by atoms with E-state index < -0.39 is 0 Å². The number of hydrogen-bond acceptors (Lipinski definition) is 3. The molecule has 0 radical (unpaired) electrons. The lowest BCUT2D eigenvalue weighted by atomic mass is 10.1. The first-order valence-corrected chi connectivity index (χ1v) is 7.39. The zero-order valence-corrected chi connectivity index (χ0v) is 12.0. The van der Waals surface area contributed by atoms with E-state index >= 15 is 0 Å². The van der Waals surface area contributed by atoms with Crippen LogP contribution in [0, 0.1) is 6.92 Å². The Bertz CT molecular complexity index is 763. The molecule has 1 aliphatic rings. The Hall–Kier alpha value is -2.20. The van der Waals surface area contributed by atoms with E-state index in [-0.39, 0.29) is 0 Å². The number of benzene rings is 1. The number of nitrogens with one attached hydrogen (secondary N) is 1. The summed E-state index contributed by atoms with van der Waals surface area (Å²) in [6, 6.07) is 13.3. The molecule has 1 aliphatic carbocycles. The highest BCUT2D eigenvalue weighted by Crippen LogP contribution is 2.40. The molecule has 0 aliphatic heterocycles. The Morgan fingerprint density at radius 1 is 1.29 bits per heavy atom. The highest BCUT2D eigenvalue weighted by atomic mass is 15.2. The lowest BCUT2D eigenvalue weighted by Gasteiger charge is -2.05. The fourth-order valence-electron chi connectivity index (χ4n) is 2.86. The Balaban J connectivity index is 1.40. The Kier molecular flexibility index (Phi) is 2.97. The van der Waals surface area contributed by atoms with E-state index in [2.05, 4.69) is 51.9 Å². The fourth-order valence-corrected chi connectivity index (χ4v) is 2.86. The minimum absolute atomic E-state index is 0.586. The summed E-state index contributed by atoms with van der Waals surface area (Å²) in [6.45, 7) is 2.83. The van der Waals surface area contributed by atoms with E-state index in [1.165, 1.54) is 17.5 Å². The van der Waals surface area contributed by atoms with Crippen LogP contribution in [0.3, 0.4) is 0 Å².